The van der Waals surface area contributed by atoms with Crippen LogP contribution in [0.5, 0.6) is 5.75 Å². The van der Waals surface area contributed by atoms with E-state index in [0.29, 0.717) is 17.6 Å². The summed E-state index contributed by atoms with van der Waals surface area (Å²) in [6.45, 7) is 0.532. The van der Waals surface area contributed by atoms with E-state index >= 15 is 0 Å². The summed E-state index contributed by atoms with van der Waals surface area (Å²) in [4.78, 5) is 12.1. The summed E-state index contributed by atoms with van der Waals surface area (Å²) in [5, 5.41) is 20.9. The monoisotopic (exact) mass is 592 g/mol. The normalized spacial score (nSPS) is 21.0. The number of aliphatic hydroxyl groups excluding tert-OH is 2. The van der Waals surface area contributed by atoms with Gasteiger partial charge in [-0.2, -0.15) is 13.1 Å². The number of benzene rings is 1. The van der Waals surface area contributed by atoms with Gasteiger partial charge in [0, 0.05) is 6.54 Å². The second kappa shape index (κ2) is 15.4. The molecule has 0 radical (unpaired) electrons. The third-order valence-electron chi connectivity index (χ3n) is 7.00. The highest BCUT2D eigenvalue weighted by Gasteiger charge is 2.44. The van der Waals surface area contributed by atoms with Crippen LogP contribution < -0.4 is 15.2 Å². The van der Waals surface area contributed by atoms with Crippen molar-refractivity contribution < 1.29 is 32.3 Å². The molecule has 2 aromatic heterocycles. The van der Waals surface area contributed by atoms with Gasteiger partial charge in [0.25, 0.3) is 0 Å². The van der Waals surface area contributed by atoms with Crippen LogP contribution in [-0.2, 0) is 19.2 Å². The molecule has 0 saturated carbocycles. The first kappa shape index (κ1) is 31.1. The lowest BCUT2D eigenvalue weighted by Crippen LogP contribution is -2.40. The molecule has 1 fully saturated rings. The van der Waals surface area contributed by atoms with Crippen molar-refractivity contribution in [2.24, 2.45) is 0 Å². The average Bonchev–Trinajstić information content (AvgIpc) is 3.52. The molecule has 41 heavy (non-hydrogen) atoms. The number of unbranched alkanes of at least 4 members (excludes halogenated alkanes) is 8. The summed E-state index contributed by atoms with van der Waals surface area (Å²) in [6.07, 6.45) is 7.26. The lowest BCUT2D eigenvalue weighted by Gasteiger charge is -2.16. The number of nitrogen functional groups attached to an aromatic ring is 1. The predicted molar refractivity (Wildman–Crippen MR) is 152 cm³/mol. The average molecular weight is 593 g/mol. The van der Waals surface area contributed by atoms with Crippen LogP contribution in [-0.4, -0.2) is 76.2 Å². The molecule has 1 aliphatic rings. The highest BCUT2D eigenvalue weighted by molar-refractivity contribution is 7.84. The maximum Gasteiger partial charge on any atom is 0.335 e. The topological polar surface area (TPSA) is 184 Å². The minimum absolute atomic E-state index is 0.0677. The smallest absolute Gasteiger partial charge is 0.335 e. The molecule has 3 heterocycles. The molecule has 226 valence electrons. The van der Waals surface area contributed by atoms with E-state index in [0.717, 1.165) is 50.9 Å². The number of hydrogen-bond acceptors (Lipinski definition) is 11. The molecule has 0 amide bonds. The Balaban J connectivity index is 1.04. The number of nitrogens with two attached hydrogens (primary N) is 1. The first-order valence-corrected chi connectivity index (χ1v) is 15.5. The minimum Gasteiger partial charge on any atom is -0.494 e. The number of para-hydroxylation sites is 1. The Morgan fingerprint density at radius 3 is 2.27 bits per heavy atom. The molecule has 0 spiro atoms. The number of ether oxygens (including phenoxy) is 2. The summed E-state index contributed by atoms with van der Waals surface area (Å²) in [5.41, 5.74) is 6.45. The van der Waals surface area contributed by atoms with Gasteiger partial charge in [-0.25, -0.2) is 15.0 Å². The van der Waals surface area contributed by atoms with Crippen LogP contribution in [0.2, 0.25) is 0 Å². The van der Waals surface area contributed by atoms with Crippen LogP contribution in [0.25, 0.3) is 11.2 Å². The van der Waals surface area contributed by atoms with Crippen molar-refractivity contribution in [1.29, 1.82) is 0 Å². The Bertz CT molecular complexity index is 1310. The van der Waals surface area contributed by atoms with Gasteiger partial charge in [0.2, 0.25) is 0 Å². The molecule has 5 N–H and O–H groups in total. The molecule has 1 saturated heterocycles. The molecule has 13 nitrogen and oxygen atoms in total. The second-order valence-corrected chi connectivity index (χ2v) is 11.5. The maximum atomic E-state index is 12.3. The van der Waals surface area contributed by atoms with Gasteiger partial charge in [-0.3, -0.25) is 8.75 Å². The zero-order valence-corrected chi connectivity index (χ0v) is 23.9. The molecular formula is C27H40N6O7S. The summed E-state index contributed by atoms with van der Waals surface area (Å²) in [6, 6.07) is 9.85. The van der Waals surface area contributed by atoms with E-state index in [-0.39, 0.29) is 19.0 Å². The van der Waals surface area contributed by atoms with Gasteiger partial charge in [0.15, 0.2) is 17.7 Å². The Labute approximate surface area is 240 Å². The number of nitrogens with one attached hydrogen (secondary N) is 1. The van der Waals surface area contributed by atoms with Crippen molar-refractivity contribution in [1.82, 2.24) is 24.2 Å². The number of aliphatic hydroxyl groups is 2. The summed E-state index contributed by atoms with van der Waals surface area (Å²) >= 11 is 0. The Morgan fingerprint density at radius 1 is 0.902 bits per heavy atom. The van der Waals surface area contributed by atoms with Gasteiger partial charge in [-0.15, -0.1) is 0 Å². The molecule has 4 rings (SSSR count). The van der Waals surface area contributed by atoms with Crippen LogP contribution in [0.1, 0.15) is 64.0 Å². The number of aromatic nitrogens is 4. The number of rotatable bonds is 18. The van der Waals surface area contributed by atoms with E-state index in [1.54, 1.807) is 0 Å². The molecule has 4 atom stereocenters. The van der Waals surface area contributed by atoms with Crippen molar-refractivity contribution in [2.75, 3.05) is 25.5 Å². The van der Waals surface area contributed by atoms with E-state index in [4.69, 9.17) is 19.4 Å². The van der Waals surface area contributed by atoms with Crippen molar-refractivity contribution in [2.45, 2.75) is 82.3 Å². The molecule has 1 aliphatic heterocycles. The standard InChI is InChI=1S/C27H40N6O7S/c28-25-22-26(30-18-29-25)33(19-31-22)27-24(35)23(34)21(40-27)17-32-41(36,37)39-16-12-7-5-3-1-2-4-6-11-15-38-20-13-9-8-10-14-20/h8-10,13-14,18-19,21,23-24,27,32,34-35H,1-7,11-12,15-17H2,(H2,28,29,30)/t21-,23-,24-,27-/m1/s1. The van der Waals surface area contributed by atoms with Crippen LogP contribution in [0, 0.1) is 0 Å². The van der Waals surface area contributed by atoms with E-state index < -0.39 is 34.8 Å². The third-order valence-corrected chi connectivity index (χ3v) is 8.00. The van der Waals surface area contributed by atoms with Gasteiger partial charge >= 0.3 is 10.3 Å². The highest BCUT2D eigenvalue weighted by atomic mass is 32.2. The summed E-state index contributed by atoms with van der Waals surface area (Å²) in [7, 11) is -4.04. The van der Waals surface area contributed by atoms with Crippen LogP contribution in [0.4, 0.5) is 5.82 Å². The summed E-state index contributed by atoms with van der Waals surface area (Å²) < 4.78 is 44.7. The molecule has 0 aliphatic carbocycles. The van der Waals surface area contributed by atoms with Gasteiger partial charge in [0.05, 0.1) is 19.5 Å². The van der Waals surface area contributed by atoms with Crippen LogP contribution in [0.15, 0.2) is 43.0 Å². The van der Waals surface area contributed by atoms with Gasteiger partial charge < -0.3 is 25.4 Å². The molecular weight excluding hydrogens is 552 g/mol. The molecule has 0 bridgehead atoms. The van der Waals surface area contributed by atoms with E-state index in [9.17, 15) is 18.6 Å². The first-order chi connectivity index (χ1) is 19.9. The summed E-state index contributed by atoms with van der Waals surface area (Å²) in [5.74, 6) is 1.08. The first-order valence-electron chi connectivity index (χ1n) is 14.1. The zero-order chi connectivity index (χ0) is 29.1. The van der Waals surface area contributed by atoms with Crippen molar-refractivity contribution in [3.8, 4) is 5.75 Å². The largest absolute Gasteiger partial charge is 0.494 e. The van der Waals surface area contributed by atoms with Crippen molar-refractivity contribution in [3.05, 3.63) is 43.0 Å². The van der Waals surface area contributed by atoms with E-state index in [1.807, 2.05) is 30.3 Å². The van der Waals surface area contributed by atoms with Crippen LogP contribution in [0.3, 0.4) is 0 Å². The number of nitrogens with zero attached hydrogens (tertiary/aromatic N) is 4. The second-order valence-electron chi connectivity index (χ2n) is 10.1. The molecule has 1 aromatic carbocycles. The van der Waals surface area contributed by atoms with Crippen molar-refractivity contribution in [3.63, 3.8) is 0 Å². The molecule has 0 unspecified atom stereocenters. The number of anilines is 1. The fourth-order valence-corrected chi connectivity index (χ4v) is 5.52. The fraction of sp³-hybridized carbons (Fsp3) is 0.593. The lowest BCUT2D eigenvalue weighted by molar-refractivity contribution is -0.0331. The Hall–Kier alpha value is -2.88. The molecule has 14 heteroatoms. The maximum absolute atomic E-state index is 12.3. The number of hydrogen-bond donors (Lipinski definition) is 4. The number of imidazole rings is 1. The van der Waals surface area contributed by atoms with Gasteiger partial charge in [-0.1, -0.05) is 63.1 Å². The van der Waals surface area contributed by atoms with E-state index in [1.165, 1.54) is 30.1 Å². The SMILES string of the molecule is Nc1ncnc2c1ncn2[C@@H]1O[C@H](CNS(=O)(=O)OCCCCCCCCCCCOc2ccccc2)[C@@H](O)[C@H]1O. The Morgan fingerprint density at radius 2 is 1.56 bits per heavy atom. The fourth-order valence-electron chi connectivity index (χ4n) is 4.73. The lowest BCUT2D eigenvalue weighted by atomic mass is 10.1. The molecule has 3 aromatic rings. The third kappa shape index (κ3) is 9.05. The highest BCUT2D eigenvalue weighted by Crippen LogP contribution is 2.31. The van der Waals surface area contributed by atoms with E-state index in [2.05, 4.69) is 19.7 Å². The zero-order valence-electron chi connectivity index (χ0n) is 23.0. The predicted octanol–water partition coefficient (Wildman–Crippen LogP) is 2.47. The van der Waals surface area contributed by atoms with Gasteiger partial charge in [-0.05, 0) is 25.0 Å². The quantitative estimate of drug-likeness (QED) is 0.159. The van der Waals surface area contributed by atoms with Crippen molar-refractivity contribution >= 4 is 27.3 Å². The van der Waals surface area contributed by atoms with Crippen LogP contribution >= 0.6 is 0 Å². The van der Waals surface area contributed by atoms with Gasteiger partial charge in [0.1, 0.15) is 35.9 Å². The Kier molecular flexibility index (Phi) is 11.7. The minimum atomic E-state index is -4.04. The number of fused-ring (bicyclic) bond motifs is 1.